The van der Waals surface area contributed by atoms with Crippen LogP contribution in [-0.4, -0.2) is 16.1 Å². The fraction of sp³-hybridized carbons (Fsp3) is 1.00. The Morgan fingerprint density at radius 2 is 1.69 bits per heavy atom. The van der Waals surface area contributed by atoms with E-state index < -0.39 is 19.0 Å². The molecule has 0 spiro atoms. The number of hydrogen-bond donors (Lipinski definition) is 1. The quantitative estimate of drug-likeness (QED) is 0.672. The highest BCUT2D eigenvalue weighted by atomic mass is 31.2. The van der Waals surface area contributed by atoms with Crippen molar-refractivity contribution in [1.29, 1.82) is 0 Å². The van der Waals surface area contributed by atoms with Crippen molar-refractivity contribution >= 4 is 7.82 Å². The Kier molecular flexibility index (Phi) is 2.41. The minimum Gasteiger partial charge on any atom is -0.302 e. The lowest BCUT2D eigenvalue weighted by Gasteiger charge is -2.36. The SMILES string of the molecule is CC(C)C1(C)OP(=O)(O)OC1(C)C. The molecule has 0 aromatic carbocycles. The molecule has 1 fully saturated rings. The predicted octanol–water partition coefficient (Wildman–Crippen LogP) is 2.33. The highest BCUT2D eigenvalue weighted by molar-refractivity contribution is 7.47. The van der Waals surface area contributed by atoms with E-state index in [1.807, 2.05) is 13.8 Å². The van der Waals surface area contributed by atoms with Gasteiger partial charge in [0.15, 0.2) is 0 Å². The summed E-state index contributed by atoms with van der Waals surface area (Å²) in [5.41, 5.74) is -1.44. The Hall–Kier alpha value is 0.110. The largest absolute Gasteiger partial charge is 0.473 e. The molecule has 13 heavy (non-hydrogen) atoms. The first kappa shape index (κ1) is 11.2. The molecule has 1 aliphatic heterocycles. The van der Waals surface area contributed by atoms with Crippen LogP contribution in [0.1, 0.15) is 34.6 Å². The lowest BCUT2D eigenvalue weighted by Crippen LogP contribution is -2.48. The van der Waals surface area contributed by atoms with Crippen LogP contribution >= 0.6 is 7.82 Å². The second-order valence-corrected chi connectivity index (χ2v) is 5.73. The first-order valence-electron chi connectivity index (χ1n) is 4.35. The molecule has 1 saturated heterocycles. The van der Waals surface area contributed by atoms with Crippen LogP contribution < -0.4 is 0 Å². The zero-order valence-electron chi connectivity index (χ0n) is 8.70. The van der Waals surface area contributed by atoms with E-state index in [-0.39, 0.29) is 5.92 Å². The summed E-state index contributed by atoms with van der Waals surface area (Å²) in [4.78, 5) is 9.23. The maximum absolute atomic E-state index is 11.3. The smallest absolute Gasteiger partial charge is 0.302 e. The van der Waals surface area contributed by atoms with Gasteiger partial charge in [-0.2, -0.15) is 0 Å². The summed E-state index contributed by atoms with van der Waals surface area (Å²) in [6.07, 6.45) is 0. The Morgan fingerprint density at radius 1 is 1.23 bits per heavy atom. The van der Waals surface area contributed by atoms with E-state index in [1.54, 1.807) is 20.8 Å². The van der Waals surface area contributed by atoms with Crippen molar-refractivity contribution in [3.8, 4) is 0 Å². The minimum absolute atomic E-state index is 0.116. The number of phosphoric ester groups is 1. The third kappa shape index (κ3) is 1.68. The molecule has 0 saturated carbocycles. The molecular weight excluding hydrogens is 191 g/mol. The summed E-state index contributed by atoms with van der Waals surface area (Å²) >= 11 is 0. The van der Waals surface area contributed by atoms with Crippen molar-refractivity contribution in [2.45, 2.75) is 45.8 Å². The van der Waals surface area contributed by atoms with Gasteiger partial charge in [0.2, 0.25) is 0 Å². The van der Waals surface area contributed by atoms with Gasteiger partial charge in [0.1, 0.15) is 11.2 Å². The normalized spacial score (nSPS) is 44.2. The summed E-state index contributed by atoms with van der Waals surface area (Å²) < 4.78 is 21.4. The summed E-state index contributed by atoms with van der Waals surface area (Å²) in [6.45, 7) is 9.21. The van der Waals surface area contributed by atoms with E-state index in [9.17, 15) is 9.46 Å². The van der Waals surface area contributed by atoms with Crippen LogP contribution in [-0.2, 0) is 13.6 Å². The molecule has 0 aromatic heterocycles. The number of hydrogen-bond acceptors (Lipinski definition) is 3. The summed E-state index contributed by atoms with van der Waals surface area (Å²) in [6, 6.07) is 0. The molecule has 1 N–H and O–H groups in total. The molecule has 2 unspecified atom stereocenters. The molecule has 0 aliphatic carbocycles. The van der Waals surface area contributed by atoms with Gasteiger partial charge in [-0.25, -0.2) is 4.57 Å². The third-order valence-electron chi connectivity index (χ3n) is 2.95. The van der Waals surface area contributed by atoms with Crippen LogP contribution in [0, 0.1) is 5.92 Å². The molecule has 1 rings (SSSR count). The molecule has 5 heteroatoms. The maximum Gasteiger partial charge on any atom is 0.473 e. The van der Waals surface area contributed by atoms with Gasteiger partial charge in [-0.1, -0.05) is 13.8 Å². The van der Waals surface area contributed by atoms with Gasteiger partial charge >= 0.3 is 7.82 Å². The van der Waals surface area contributed by atoms with Crippen LogP contribution in [0.4, 0.5) is 0 Å². The number of rotatable bonds is 1. The standard InChI is InChI=1S/C8H17O4P/c1-6(2)8(5)7(3,4)11-13(9,10)12-8/h6H,1-5H3,(H,9,10). The molecule has 0 amide bonds. The molecule has 4 nitrogen and oxygen atoms in total. The number of phosphoric acid groups is 1. The second kappa shape index (κ2) is 2.80. The van der Waals surface area contributed by atoms with Gasteiger partial charge in [-0.15, -0.1) is 0 Å². The van der Waals surface area contributed by atoms with Crippen molar-refractivity contribution < 1.29 is 18.5 Å². The van der Waals surface area contributed by atoms with Gasteiger partial charge < -0.3 is 4.89 Å². The molecule has 0 radical (unpaired) electrons. The van der Waals surface area contributed by atoms with Gasteiger partial charge in [0, 0.05) is 0 Å². The highest BCUT2D eigenvalue weighted by Gasteiger charge is 2.59. The maximum atomic E-state index is 11.3. The van der Waals surface area contributed by atoms with Gasteiger partial charge in [-0.05, 0) is 26.7 Å². The fourth-order valence-corrected chi connectivity index (χ4v) is 3.25. The van der Waals surface area contributed by atoms with E-state index in [0.29, 0.717) is 0 Å². The van der Waals surface area contributed by atoms with E-state index in [2.05, 4.69) is 0 Å². The van der Waals surface area contributed by atoms with Crippen molar-refractivity contribution in [3.05, 3.63) is 0 Å². The van der Waals surface area contributed by atoms with Crippen LogP contribution in [0.5, 0.6) is 0 Å². The monoisotopic (exact) mass is 208 g/mol. The summed E-state index contributed by atoms with van der Waals surface area (Å²) in [5.74, 6) is 0.116. The van der Waals surface area contributed by atoms with Gasteiger partial charge in [0.05, 0.1) is 0 Å². The topological polar surface area (TPSA) is 55.8 Å². The molecule has 0 aromatic rings. The van der Waals surface area contributed by atoms with E-state index in [1.165, 1.54) is 0 Å². The summed E-state index contributed by atoms with van der Waals surface area (Å²) in [7, 11) is -3.84. The van der Waals surface area contributed by atoms with Crippen molar-refractivity contribution in [2.24, 2.45) is 5.92 Å². The molecule has 1 aliphatic rings. The van der Waals surface area contributed by atoms with Crippen molar-refractivity contribution in [1.82, 2.24) is 0 Å². The lowest BCUT2D eigenvalue weighted by molar-refractivity contribution is -0.0436. The Labute approximate surface area is 78.9 Å². The first-order chi connectivity index (χ1) is 5.61. The Balaban J connectivity index is 3.07. The minimum atomic E-state index is -3.84. The average Bonchev–Trinajstić information content (AvgIpc) is 1.97. The van der Waals surface area contributed by atoms with Crippen LogP contribution in [0.2, 0.25) is 0 Å². The van der Waals surface area contributed by atoms with Gasteiger partial charge in [0.25, 0.3) is 0 Å². The predicted molar refractivity (Wildman–Crippen MR) is 49.3 cm³/mol. The van der Waals surface area contributed by atoms with Crippen LogP contribution in [0.3, 0.4) is 0 Å². The second-order valence-electron chi connectivity index (χ2n) is 4.42. The van der Waals surface area contributed by atoms with Crippen molar-refractivity contribution in [2.75, 3.05) is 0 Å². The van der Waals surface area contributed by atoms with E-state index in [4.69, 9.17) is 9.05 Å². The Bertz CT molecular complexity index is 261. The fourth-order valence-electron chi connectivity index (χ4n) is 1.55. The van der Waals surface area contributed by atoms with Crippen LogP contribution in [0.25, 0.3) is 0 Å². The molecular formula is C8H17O4P. The molecule has 2 atom stereocenters. The molecule has 1 heterocycles. The zero-order chi connectivity index (χ0) is 10.5. The van der Waals surface area contributed by atoms with Crippen LogP contribution in [0.15, 0.2) is 0 Å². The first-order valence-corrected chi connectivity index (χ1v) is 5.84. The summed E-state index contributed by atoms with van der Waals surface area (Å²) in [5, 5.41) is 0. The van der Waals surface area contributed by atoms with E-state index in [0.717, 1.165) is 0 Å². The molecule has 0 bridgehead atoms. The molecule has 78 valence electrons. The third-order valence-corrected chi connectivity index (χ3v) is 4.24. The lowest BCUT2D eigenvalue weighted by atomic mass is 9.79. The van der Waals surface area contributed by atoms with Crippen molar-refractivity contribution in [3.63, 3.8) is 0 Å². The zero-order valence-corrected chi connectivity index (χ0v) is 9.59. The average molecular weight is 208 g/mol. The highest BCUT2D eigenvalue weighted by Crippen LogP contribution is 2.63. The Morgan fingerprint density at radius 3 is 1.85 bits per heavy atom. The van der Waals surface area contributed by atoms with E-state index >= 15 is 0 Å². The van der Waals surface area contributed by atoms with Gasteiger partial charge in [-0.3, -0.25) is 9.05 Å².